The van der Waals surface area contributed by atoms with E-state index in [9.17, 15) is 18.0 Å². The Hall–Kier alpha value is -2.01. The van der Waals surface area contributed by atoms with E-state index < -0.39 is 16.0 Å². The zero-order chi connectivity index (χ0) is 15.6. The van der Waals surface area contributed by atoms with Crippen LogP contribution in [0.1, 0.15) is 10.5 Å². The van der Waals surface area contributed by atoms with Gasteiger partial charge >= 0.3 is 5.97 Å². The van der Waals surface area contributed by atoms with Crippen LogP contribution < -0.4 is 0 Å². The minimum Gasteiger partial charge on any atom is -0.476 e. The van der Waals surface area contributed by atoms with Gasteiger partial charge in [-0.15, -0.1) is 5.10 Å². The fourth-order valence-corrected chi connectivity index (χ4v) is 2.81. The summed E-state index contributed by atoms with van der Waals surface area (Å²) in [4.78, 5) is 24.2. The van der Waals surface area contributed by atoms with Crippen LogP contribution in [0.2, 0.25) is 0 Å². The number of amides is 1. The van der Waals surface area contributed by atoms with Crippen molar-refractivity contribution < 1.29 is 23.1 Å². The maximum absolute atomic E-state index is 12.0. The van der Waals surface area contributed by atoms with Crippen molar-refractivity contribution in [3.63, 3.8) is 0 Å². The Bertz CT molecular complexity index is 647. The second kappa shape index (κ2) is 5.77. The van der Waals surface area contributed by atoms with Gasteiger partial charge in [0.15, 0.2) is 5.69 Å². The van der Waals surface area contributed by atoms with E-state index in [0.29, 0.717) is 13.1 Å². The van der Waals surface area contributed by atoms with Crippen LogP contribution in [0, 0.1) is 0 Å². The van der Waals surface area contributed by atoms with Gasteiger partial charge in [-0.05, 0) is 0 Å². The summed E-state index contributed by atoms with van der Waals surface area (Å²) in [5, 5.41) is 15.7. The third-order valence-electron chi connectivity index (χ3n) is 3.12. The maximum Gasteiger partial charge on any atom is 0.358 e. The number of carboxylic acids is 1. The highest BCUT2D eigenvalue weighted by Crippen LogP contribution is 2.07. The smallest absolute Gasteiger partial charge is 0.358 e. The number of aromatic carboxylic acids is 1. The van der Waals surface area contributed by atoms with Crippen LogP contribution in [0.4, 0.5) is 0 Å². The molecule has 11 heteroatoms. The van der Waals surface area contributed by atoms with Crippen molar-refractivity contribution in [2.75, 3.05) is 32.4 Å². The molecule has 116 valence electrons. The molecule has 0 spiro atoms. The maximum atomic E-state index is 12.0. The van der Waals surface area contributed by atoms with Gasteiger partial charge in [-0.25, -0.2) is 17.9 Å². The fraction of sp³-hybridized carbons (Fsp3) is 0.600. The van der Waals surface area contributed by atoms with Crippen molar-refractivity contribution in [1.82, 2.24) is 24.2 Å². The van der Waals surface area contributed by atoms with Crippen LogP contribution in [0.25, 0.3) is 0 Å². The Morgan fingerprint density at radius 3 is 2.38 bits per heavy atom. The molecule has 0 saturated carbocycles. The molecule has 1 amide bonds. The van der Waals surface area contributed by atoms with Crippen molar-refractivity contribution >= 4 is 21.9 Å². The molecule has 1 saturated heterocycles. The van der Waals surface area contributed by atoms with E-state index in [1.807, 2.05) is 0 Å². The Morgan fingerprint density at radius 2 is 1.90 bits per heavy atom. The highest BCUT2D eigenvalue weighted by atomic mass is 32.2. The molecule has 1 N–H and O–H groups in total. The van der Waals surface area contributed by atoms with Crippen LogP contribution in [-0.2, 0) is 21.4 Å². The second-order valence-corrected chi connectivity index (χ2v) is 6.63. The molecule has 2 heterocycles. The number of rotatable bonds is 4. The lowest BCUT2D eigenvalue weighted by atomic mass is 10.3. The molecule has 1 aliphatic heterocycles. The van der Waals surface area contributed by atoms with E-state index in [2.05, 4.69) is 10.3 Å². The Kier molecular flexibility index (Phi) is 4.23. The van der Waals surface area contributed by atoms with E-state index in [1.165, 1.54) is 15.4 Å². The number of piperazine rings is 1. The van der Waals surface area contributed by atoms with Crippen molar-refractivity contribution in [2.45, 2.75) is 6.54 Å². The zero-order valence-electron chi connectivity index (χ0n) is 11.3. The van der Waals surface area contributed by atoms with Gasteiger partial charge in [0.1, 0.15) is 6.54 Å². The average molecular weight is 317 g/mol. The van der Waals surface area contributed by atoms with Gasteiger partial charge in [0.05, 0.1) is 12.5 Å². The molecule has 10 nitrogen and oxygen atoms in total. The number of hydrogen-bond acceptors (Lipinski definition) is 6. The van der Waals surface area contributed by atoms with Crippen molar-refractivity contribution in [3.05, 3.63) is 11.9 Å². The molecule has 1 aliphatic rings. The summed E-state index contributed by atoms with van der Waals surface area (Å²) in [7, 11) is -3.24. The minimum atomic E-state index is -3.24. The Balaban J connectivity index is 1.91. The summed E-state index contributed by atoms with van der Waals surface area (Å²) in [6.07, 6.45) is 2.31. The van der Waals surface area contributed by atoms with Gasteiger partial charge in [0, 0.05) is 26.2 Å². The third kappa shape index (κ3) is 3.76. The monoisotopic (exact) mass is 317 g/mol. The predicted molar refractivity (Wildman–Crippen MR) is 70.0 cm³/mol. The minimum absolute atomic E-state index is 0.126. The number of hydrogen-bond donors (Lipinski definition) is 1. The molecule has 2 rings (SSSR count). The van der Waals surface area contributed by atoms with Gasteiger partial charge in [0.2, 0.25) is 15.9 Å². The number of nitrogens with zero attached hydrogens (tertiary/aromatic N) is 5. The van der Waals surface area contributed by atoms with Gasteiger partial charge in [-0.2, -0.15) is 4.31 Å². The first kappa shape index (κ1) is 15.4. The molecule has 21 heavy (non-hydrogen) atoms. The second-order valence-electron chi connectivity index (χ2n) is 4.65. The summed E-state index contributed by atoms with van der Waals surface area (Å²) < 4.78 is 25.2. The standard InChI is InChI=1S/C10H15N5O5S/c1-21(19,20)15-4-2-13(3-5-15)9(16)7-14-6-8(10(17)18)11-12-14/h6H,2-5,7H2,1H3,(H,17,18). The first-order chi connectivity index (χ1) is 9.77. The molecule has 1 fully saturated rings. The van der Waals surface area contributed by atoms with Gasteiger partial charge in [0.25, 0.3) is 0 Å². The van der Waals surface area contributed by atoms with Crippen LogP contribution >= 0.6 is 0 Å². The van der Waals surface area contributed by atoms with E-state index in [0.717, 1.165) is 10.9 Å². The van der Waals surface area contributed by atoms with Crippen molar-refractivity contribution in [1.29, 1.82) is 0 Å². The van der Waals surface area contributed by atoms with Crippen molar-refractivity contribution in [3.8, 4) is 0 Å². The number of carboxylic acid groups (broad SMARTS) is 1. The predicted octanol–water partition coefficient (Wildman–Crippen LogP) is -1.92. The molecule has 0 radical (unpaired) electrons. The molecular weight excluding hydrogens is 302 g/mol. The largest absolute Gasteiger partial charge is 0.476 e. The molecule has 0 aliphatic carbocycles. The molecule has 0 unspecified atom stereocenters. The Morgan fingerprint density at radius 1 is 1.29 bits per heavy atom. The summed E-state index contributed by atoms with van der Waals surface area (Å²) in [6.45, 7) is 0.975. The fourth-order valence-electron chi connectivity index (χ4n) is 1.98. The van der Waals surface area contributed by atoms with Crippen LogP contribution in [0.5, 0.6) is 0 Å². The number of sulfonamides is 1. The SMILES string of the molecule is CS(=O)(=O)N1CCN(C(=O)Cn2cc(C(=O)O)nn2)CC1. The number of aromatic nitrogens is 3. The average Bonchev–Trinajstić information content (AvgIpc) is 2.86. The lowest BCUT2D eigenvalue weighted by Crippen LogP contribution is -2.51. The van der Waals surface area contributed by atoms with Gasteiger partial charge in [-0.1, -0.05) is 5.21 Å². The van der Waals surface area contributed by atoms with E-state index >= 15 is 0 Å². The van der Waals surface area contributed by atoms with Crippen LogP contribution in [-0.4, -0.2) is 82.0 Å². The Labute approximate surface area is 121 Å². The normalized spacial score (nSPS) is 16.9. The van der Waals surface area contributed by atoms with E-state index in [4.69, 9.17) is 5.11 Å². The zero-order valence-corrected chi connectivity index (χ0v) is 12.2. The van der Waals surface area contributed by atoms with Gasteiger partial charge in [-0.3, -0.25) is 4.79 Å². The lowest BCUT2D eigenvalue weighted by Gasteiger charge is -2.33. The molecule has 0 bridgehead atoms. The highest BCUT2D eigenvalue weighted by molar-refractivity contribution is 7.88. The molecular formula is C10H15N5O5S. The third-order valence-corrected chi connectivity index (χ3v) is 4.42. The lowest BCUT2D eigenvalue weighted by molar-refractivity contribution is -0.133. The van der Waals surface area contributed by atoms with Gasteiger partial charge < -0.3 is 10.0 Å². The summed E-state index contributed by atoms with van der Waals surface area (Å²) in [6, 6.07) is 0. The van der Waals surface area contributed by atoms with E-state index in [-0.39, 0.29) is 31.2 Å². The quantitative estimate of drug-likeness (QED) is 0.686. The molecule has 0 atom stereocenters. The number of carbonyl (C=O) groups excluding carboxylic acids is 1. The topological polar surface area (TPSA) is 126 Å². The molecule has 0 aromatic carbocycles. The van der Waals surface area contributed by atoms with Crippen LogP contribution in [0.15, 0.2) is 6.20 Å². The first-order valence-electron chi connectivity index (χ1n) is 6.13. The number of carbonyl (C=O) groups is 2. The van der Waals surface area contributed by atoms with Crippen LogP contribution in [0.3, 0.4) is 0 Å². The first-order valence-corrected chi connectivity index (χ1v) is 7.98. The summed E-state index contributed by atoms with van der Waals surface area (Å²) in [5.74, 6) is -1.47. The molecule has 1 aromatic rings. The summed E-state index contributed by atoms with van der Waals surface area (Å²) in [5.41, 5.74) is -0.232. The summed E-state index contributed by atoms with van der Waals surface area (Å²) >= 11 is 0. The highest BCUT2D eigenvalue weighted by Gasteiger charge is 2.26. The van der Waals surface area contributed by atoms with E-state index in [1.54, 1.807) is 0 Å². The van der Waals surface area contributed by atoms with Crippen molar-refractivity contribution in [2.24, 2.45) is 0 Å². The molecule has 1 aromatic heterocycles.